The van der Waals surface area contributed by atoms with Crippen LogP contribution >= 0.6 is 27.3 Å². The molecule has 34 heavy (non-hydrogen) atoms. The molecule has 1 heterocycles. The van der Waals surface area contributed by atoms with Gasteiger partial charge in [-0.15, -0.1) is 11.3 Å². The highest BCUT2D eigenvalue weighted by Crippen LogP contribution is 2.30. The van der Waals surface area contributed by atoms with Gasteiger partial charge in [0.25, 0.3) is 0 Å². The Morgan fingerprint density at radius 1 is 1.00 bits per heavy atom. The standard InChI is InChI=1S/C25H20BrN3O4S/c1-31-21-6-4-3-5-19(21)24(30)33-22-12-7-16(13-23(22)32-2)14-27-29-25-28-20(15-34-25)17-8-10-18(26)11-9-17/h3-15H,1-2H3,(H,28,29). The minimum absolute atomic E-state index is 0.294. The molecule has 1 N–H and O–H groups in total. The van der Waals surface area contributed by atoms with E-state index in [9.17, 15) is 4.79 Å². The number of esters is 1. The Labute approximate surface area is 209 Å². The number of para-hydroxylation sites is 1. The third-order valence-electron chi connectivity index (χ3n) is 4.74. The summed E-state index contributed by atoms with van der Waals surface area (Å²) in [6, 6.07) is 20.0. The summed E-state index contributed by atoms with van der Waals surface area (Å²) < 4.78 is 17.2. The van der Waals surface area contributed by atoms with Gasteiger partial charge in [-0.05, 0) is 48.0 Å². The molecule has 0 fully saturated rings. The molecule has 0 amide bonds. The van der Waals surface area contributed by atoms with Crippen LogP contribution in [0, 0.1) is 0 Å². The highest BCUT2D eigenvalue weighted by atomic mass is 79.9. The van der Waals surface area contributed by atoms with Crippen LogP contribution in [0.4, 0.5) is 5.13 Å². The number of hydrogen-bond donors (Lipinski definition) is 1. The van der Waals surface area contributed by atoms with Crippen molar-refractivity contribution in [2.75, 3.05) is 19.6 Å². The summed E-state index contributed by atoms with van der Waals surface area (Å²) in [6.45, 7) is 0. The van der Waals surface area contributed by atoms with Crippen molar-refractivity contribution in [2.24, 2.45) is 5.10 Å². The van der Waals surface area contributed by atoms with Crippen molar-refractivity contribution in [3.63, 3.8) is 0 Å². The predicted molar refractivity (Wildman–Crippen MR) is 137 cm³/mol. The van der Waals surface area contributed by atoms with E-state index in [1.165, 1.54) is 25.6 Å². The van der Waals surface area contributed by atoms with Gasteiger partial charge < -0.3 is 14.2 Å². The number of carbonyl (C=O) groups is 1. The zero-order chi connectivity index (χ0) is 23.9. The SMILES string of the molecule is COc1cc(C=NNc2nc(-c3ccc(Br)cc3)cs2)ccc1OC(=O)c1ccccc1OC. The van der Waals surface area contributed by atoms with Crippen LogP contribution in [0.5, 0.6) is 17.2 Å². The van der Waals surface area contributed by atoms with E-state index in [1.807, 2.05) is 29.6 Å². The molecule has 0 aliphatic heterocycles. The van der Waals surface area contributed by atoms with Crippen LogP contribution in [0.2, 0.25) is 0 Å². The lowest BCUT2D eigenvalue weighted by atomic mass is 10.2. The van der Waals surface area contributed by atoms with Gasteiger partial charge in [0.15, 0.2) is 11.5 Å². The zero-order valence-corrected chi connectivity index (χ0v) is 20.7. The maximum absolute atomic E-state index is 12.6. The lowest BCUT2D eigenvalue weighted by molar-refractivity contribution is 0.0726. The molecule has 0 aliphatic carbocycles. The molecule has 3 aromatic carbocycles. The maximum Gasteiger partial charge on any atom is 0.347 e. The number of halogens is 1. The molecule has 1 aromatic heterocycles. The van der Waals surface area contributed by atoms with E-state index in [0.29, 0.717) is 27.9 Å². The number of rotatable bonds is 8. The first-order valence-electron chi connectivity index (χ1n) is 10.1. The molecule has 4 rings (SSSR count). The molecule has 0 saturated carbocycles. The van der Waals surface area contributed by atoms with Crippen molar-refractivity contribution in [3.8, 4) is 28.5 Å². The number of hydrazone groups is 1. The van der Waals surface area contributed by atoms with Crippen LogP contribution in [0.1, 0.15) is 15.9 Å². The van der Waals surface area contributed by atoms with Gasteiger partial charge >= 0.3 is 5.97 Å². The number of nitrogens with one attached hydrogen (secondary N) is 1. The number of methoxy groups -OCH3 is 2. The molecular weight excluding hydrogens is 518 g/mol. The number of nitrogens with zero attached hydrogens (tertiary/aromatic N) is 2. The van der Waals surface area contributed by atoms with Crippen molar-refractivity contribution >= 4 is 44.6 Å². The van der Waals surface area contributed by atoms with Crippen molar-refractivity contribution in [1.29, 1.82) is 0 Å². The van der Waals surface area contributed by atoms with E-state index < -0.39 is 5.97 Å². The molecule has 0 radical (unpaired) electrons. The van der Waals surface area contributed by atoms with Gasteiger partial charge in [0, 0.05) is 15.4 Å². The zero-order valence-electron chi connectivity index (χ0n) is 18.3. The van der Waals surface area contributed by atoms with Crippen LogP contribution in [-0.2, 0) is 0 Å². The topological polar surface area (TPSA) is 82.0 Å². The molecule has 172 valence electrons. The quantitative estimate of drug-likeness (QED) is 0.124. The summed E-state index contributed by atoms with van der Waals surface area (Å²) in [7, 11) is 3.01. The number of aromatic nitrogens is 1. The van der Waals surface area contributed by atoms with E-state index in [0.717, 1.165) is 21.3 Å². The Hall–Kier alpha value is -3.69. The highest BCUT2D eigenvalue weighted by molar-refractivity contribution is 9.10. The lowest BCUT2D eigenvalue weighted by Crippen LogP contribution is -2.10. The summed E-state index contributed by atoms with van der Waals surface area (Å²) in [4.78, 5) is 17.1. The summed E-state index contributed by atoms with van der Waals surface area (Å²) in [5.41, 5.74) is 5.92. The summed E-state index contributed by atoms with van der Waals surface area (Å²) in [5, 5.41) is 6.89. The Morgan fingerprint density at radius 3 is 2.53 bits per heavy atom. The second kappa shape index (κ2) is 11.0. The second-order valence-corrected chi connectivity index (χ2v) is 8.69. The molecule has 0 spiro atoms. The minimum Gasteiger partial charge on any atom is -0.496 e. The molecule has 7 nitrogen and oxygen atoms in total. The molecule has 9 heteroatoms. The Bertz CT molecular complexity index is 1320. The van der Waals surface area contributed by atoms with E-state index >= 15 is 0 Å². The number of carbonyl (C=O) groups excluding carboxylic acids is 1. The van der Waals surface area contributed by atoms with E-state index in [-0.39, 0.29) is 0 Å². The van der Waals surface area contributed by atoms with E-state index in [2.05, 4.69) is 31.4 Å². The van der Waals surface area contributed by atoms with E-state index in [4.69, 9.17) is 14.2 Å². The average Bonchev–Trinajstić information content (AvgIpc) is 3.34. The highest BCUT2D eigenvalue weighted by Gasteiger charge is 2.16. The smallest absolute Gasteiger partial charge is 0.347 e. The van der Waals surface area contributed by atoms with Crippen LogP contribution in [0.15, 0.2) is 81.7 Å². The molecule has 0 unspecified atom stereocenters. The number of thiazole rings is 1. The maximum atomic E-state index is 12.6. The number of anilines is 1. The van der Waals surface area contributed by atoms with Crippen molar-refractivity contribution in [3.05, 3.63) is 87.7 Å². The third-order valence-corrected chi connectivity index (χ3v) is 6.01. The van der Waals surface area contributed by atoms with Crippen LogP contribution < -0.4 is 19.6 Å². The molecule has 0 saturated heterocycles. The van der Waals surface area contributed by atoms with Gasteiger partial charge in [0.1, 0.15) is 11.3 Å². The normalized spacial score (nSPS) is 10.8. The van der Waals surface area contributed by atoms with Gasteiger partial charge in [0.05, 0.1) is 26.1 Å². The van der Waals surface area contributed by atoms with Crippen molar-refractivity contribution in [1.82, 2.24) is 4.98 Å². The Balaban J connectivity index is 1.42. The van der Waals surface area contributed by atoms with Crippen molar-refractivity contribution < 1.29 is 19.0 Å². The number of ether oxygens (including phenoxy) is 3. The summed E-state index contributed by atoms with van der Waals surface area (Å²) in [6.07, 6.45) is 1.63. The van der Waals surface area contributed by atoms with Crippen LogP contribution in [0.25, 0.3) is 11.3 Å². The van der Waals surface area contributed by atoms with Gasteiger partial charge in [0.2, 0.25) is 5.13 Å². The Kier molecular flexibility index (Phi) is 7.56. The lowest BCUT2D eigenvalue weighted by Gasteiger charge is -2.11. The second-order valence-electron chi connectivity index (χ2n) is 6.91. The number of benzene rings is 3. The van der Waals surface area contributed by atoms with Crippen LogP contribution in [0.3, 0.4) is 0 Å². The Morgan fingerprint density at radius 2 is 1.76 bits per heavy atom. The minimum atomic E-state index is -0.538. The third kappa shape index (κ3) is 5.62. The summed E-state index contributed by atoms with van der Waals surface area (Å²) in [5.74, 6) is 0.595. The molecular formula is C25H20BrN3O4S. The van der Waals surface area contributed by atoms with Crippen LogP contribution in [-0.4, -0.2) is 31.4 Å². The van der Waals surface area contributed by atoms with Gasteiger partial charge in [-0.25, -0.2) is 9.78 Å². The van der Waals surface area contributed by atoms with Gasteiger partial charge in [-0.3, -0.25) is 5.43 Å². The number of hydrogen-bond acceptors (Lipinski definition) is 8. The van der Waals surface area contributed by atoms with Gasteiger partial charge in [-0.2, -0.15) is 5.10 Å². The molecule has 0 atom stereocenters. The molecule has 4 aromatic rings. The predicted octanol–water partition coefficient (Wildman–Crippen LogP) is 6.26. The molecule has 0 aliphatic rings. The summed E-state index contributed by atoms with van der Waals surface area (Å²) >= 11 is 4.90. The van der Waals surface area contributed by atoms with Crippen molar-refractivity contribution in [2.45, 2.75) is 0 Å². The fraction of sp³-hybridized carbons (Fsp3) is 0.0800. The first kappa shape index (κ1) is 23.5. The first-order valence-corrected chi connectivity index (χ1v) is 11.8. The average molecular weight is 538 g/mol. The first-order chi connectivity index (χ1) is 16.6. The largest absolute Gasteiger partial charge is 0.496 e. The van der Waals surface area contributed by atoms with Gasteiger partial charge in [-0.1, -0.05) is 40.2 Å². The fourth-order valence-corrected chi connectivity index (χ4v) is 3.99. The fourth-order valence-electron chi connectivity index (χ4n) is 3.06. The van der Waals surface area contributed by atoms with E-state index in [1.54, 1.807) is 48.7 Å². The monoisotopic (exact) mass is 537 g/mol. The molecule has 0 bridgehead atoms.